The molecule has 2 aromatic carbocycles. The summed E-state index contributed by atoms with van der Waals surface area (Å²) in [5.74, 6) is 2.49. The van der Waals surface area contributed by atoms with Gasteiger partial charge in [-0.2, -0.15) is 0 Å². The summed E-state index contributed by atoms with van der Waals surface area (Å²) < 4.78 is 27.0. The lowest BCUT2D eigenvalue weighted by Crippen LogP contribution is -2.31. The van der Waals surface area contributed by atoms with E-state index in [0.717, 1.165) is 5.56 Å². The molecule has 0 amide bonds. The Labute approximate surface area is 126 Å². The molecule has 0 aliphatic heterocycles. The largest absolute Gasteiger partial charge is 0.265 e. The Kier molecular flexibility index (Phi) is 4.66. The van der Waals surface area contributed by atoms with Crippen molar-refractivity contribution in [3.8, 4) is 12.3 Å². The van der Waals surface area contributed by atoms with Crippen LogP contribution in [0, 0.1) is 19.3 Å². The molecular weight excluding hydrogens is 282 g/mol. The molecule has 0 fully saturated rings. The van der Waals surface area contributed by atoms with Crippen molar-refractivity contribution in [2.45, 2.75) is 18.2 Å². The Bertz CT molecular complexity index is 729. The van der Waals surface area contributed by atoms with Gasteiger partial charge in [0.15, 0.2) is 0 Å². The van der Waals surface area contributed by atoms with E-state index >= 15 is 0 Å². The molecule has 3 nitrogen and oxygen atoms in total. The molecule has 4 heteroatoms. The van der Waals surface area contributed by atoms with E-state index in [1.165, 1.54) is 4.31 Å². The van der Waals surface area contributed by atoms with Gasteiger partial charge in [0, 0.05) is 13.0 Å². The predicted molar refractivity (Wildman–Crippen MR) is 85.6 cm³/mol. The minimum Gasteiger partial charge on any atom is -0.265 e. The third-order valence-electron chi connectivity index (χ3n) is 3.11. The van der Waals surface area contributed by atoms with E-state index in [0.29, 0.717) is 12.1 Å². The molecule has 108 valence electrons. The zero-order valence-corrected chi connectivity index (χ0v) is 12.7. The van der Waals surface area contributed by atoms with Crippen LogP contribution in [0.4, 0.5) is 5.69 Å². The first-order valence-electron chi connectivity index (χ1n) is 6.63. The van der Waals surface area contributed by atoms with Gasteiger partial charge in [0.2, 0.25) is 0 Å². The standard InChI is InChI=1S/C17H17NO2S/c1-3-4-14-18(16-8-6-5-7-9-16)21(19,20)17-12-10-15(2)11-13-17/h1,5-13H,4,14H2,2H3. The fourth-order valence-corrected chi connectivity index (χ4v) is 3.45. The van der Waals surface area contributed by atoms with Crippen LogP contribution in [0.15, 0.2) is 59.5 Å². The van der Waals surface area contributed by atoms with Gasteiger partial charge in [0.1, 0.15) is 0 Å². The molecule has 2 rings (SSSR count). The number of para-hydroxylation sites is 1. The number of anilines is 1. The monoisotopic (exact) mass is 299 g/mol. The first-order chi connectivity index (χ1) is 10.1. The smallest absolute Gasteiger partial charge is 0.264 e. The average molecular weight is 299 g/mol. The van der Waals surface area contributed by atoms with Crippen molar-refractivity contribution in [1.82, 2.24) is 0 Å². The van der Waals surface area contributed by atoms with E-state index in [9.17, 15) is 8.42 Å². The number of rotatable bonds is 5. The topological polar surface area (TPSA) is 37.4 Å². The van der Waals surface area contributed by atoms with Crippen LogP contribution in [0.3, 0.4) is 0 Å². The van der Waals surface area contributed by atoms with Crippen molar-refractivity contribution in [2.24, 2.45) is 0 Å². The van der Waals surface area contributed by atoms with Crippen molar-refractivity contribution < 1.29 is 8.42 Å². The number of benzene rings is 2. The zero-order valence-electron chi connectivity index (χ0n) is 11.9. The highest BCUT2D eigenvalue weighted by Gasteiger charge is 2.24. The molecule has 0 spiro atoms. The Morgan fingerprint density at radius 2 is 1.67 bits per heavy atom. The van der Waals surface area contributed by atoms with Gasteiger partial charge in [-0.05, 0) is 31.2 Å². The highest BCUT2D eigenvalue weighted by Crippen LogP contribution is 2.23. The minimum absolute atomic E-state index is 0.261. The normalized spacial score (nSPS) is 10.9. The molecule has 0 saturated heterocycles. The molecular formula is C17H17NO2S. The Balaban J connectivity index is 2.45. The van der Waals surface area contributed by atoms with Crippen molar-refractivity contribution in [3.63, 3.8) is 0 Å². The fraction of sp³-hybridized carbons (Fsp3) is 0.176. The quantitative estimate of drug-likeness (QED) is 0.795. The fourth-order valence-electron chi connectivity index (χ4n) is 1.99. The third kappa shape index (κ3) is 3.45. The molecule has 0 aliphatic carbocycles. The molecule has 0 N–H and O–H groups in total. The summed E-state index contributed by atoms with van der Waals surface area (Å²) in [5.41, 5.74) is 1.64. The molecule has 0 unspecified atom stereocenters. The van der Waals surface area contributed by atoms with Gasteiger partial charge < -0.3 is 0 Å². The zero-order chi connectivity index (χ0) is 15.3. The van der Waals surface area contributed by atoms with E-state index in [1.807, 2.05) is 25.1 Å². The van der Waals surface area contributed by atoms with E-state index in [-0.39, 0.29) is 11.4 Å². The lowest BCUT2D eigenvalue weighted by Gasteiger charge is -2.23. The number of hydrogen-bond donors (Lipinski definition) is 0. The van der Waals surface area contributed by atoms with Crippen molar-refractivity contribution >= 4 is 15.7 Å². The van der Waals surface area contributed by atoms with Crippen LogP contribution >= 0.6 is 0 Å². The van der Waals surface area contributed by atoms with Crippen LogP contribution in [-0.4, -0.2) is 15.0 Å². The van der Waals surface area contributed by atoms with Crippen molar-refractivity contribution in [1.29, 1.82) is 0 Å². The summed E-state index contributed by atoms with van der Waals surface area (Å²) in [7, 11) is -3.61. The Hall–Kier alpha value is -2.25. The molecule has 0 radical (unpaired) electrons. The Morgan fingerprint density at radius 1 is 1.05 bits per heavy atom. The summed E-state index contributed by atoms with van der Waals surface area (Å²) >= 11 is 0. The first kappa shape index (κ1) is 15.1. The van der Waals surface area contributed by atoms with Crippen LogP contribution in [-0.2, 0) is 10.0 Å². The van der Waals surface area contributed by atoms with Gasteiger partial charge in [0.25, 0.3) is 10.0 Å². The number of nitrogens with zero attached hydrogens (tertiary/aromatic N) is 1. The summed E-state index contributed by atoms with van der Waals surface area (Å²) in [4.78, 5) is 0.272. The van der Waals surface area contributed by atoms with Crippen molar-refractivity contribution in [2.75, 3.05) is 10.8 Å². The SMILES string of the molecule is C#CCCN(c1ccccc1)S(=O)(=O)c1ccc(C)cc1. The average Bonchev–Trinajstić information content (AvgIpc) is 2.49. The maximum Gasteiger partial charge on any atom is 0.264 e. The van der Waals surface area contributed by atoms with Crippen LogP contribution in [0.2, 0.25) is 0 Å². The predicted octanol–water partition coefficient (Wildman–Crippen LogP) is 3.21. The molecule has 0 atom stereocenters. The number of aryl methyl sites for hydroxylation is 1. The lowest BCUT2D eigenvalue weighted by atomic mass is 10.2. The number of sulfonamides is 1. The second-order valence-corrected chi connectivity index (χ2v) is 6.54. The van der Waals surface area contributed by atoms with Crippen LogP contribution in [0.1, 0.15) is 12.0 Å². The number of hydrogen-bond acceptors (Lipinski definition) is 2. The highest BCUT2D eigenvalue weighted by molar-refractivity contribution is 7.92. The van der Waals surface area contributed by atoms with E-state index in [2.05, 4.69) is 5.92 Å². The second-order valence-electron chi connectivity index (χ2n) is 4.68. The third-order valence-corrected chi connectivity index (χ3v) is 4.95. The Morgan fingerprint density at radius 3 is 2.24 bits per heavy atom. The highest BCUT2D eigenvalue weighted by atomic mass is 32.2. The summed E-state index contributed by atoms with van der Waals surface area (Å²) in [5, 5.41) is 0. The van der Waals surface area contributed by atoms with E-state index in [4.69, 9.17) is 6.42 Å². The summed E-state index contributed by atoms with van der Waals surface area (Å²) in [6.07, 6.45) is 5.65. The first-order valence-corrected chi connectivity index (χ1v) is 8.07. The second kappa shape index (κ2) is 6.47. The van der Waals surface area contributed by atoms with E-state index in [1.54, 1.807) is 36.4 Å². The van der Waals surface area contributed by atoms with Crippen LogP contribution < -0.4 is 4.31 Å². The lowest BCUT2D eigenvalue weighted by molar-refractivity contribution is 0.591. The maximum absolute atomic E-state index is 12.8. The van der Waals surface area contributed by atoms with Crippen molar-refractivity contribution in [3.05, 3.63) is 60.2 Å². The molecule has 0 saturated carbocycles. The summed E-state index contributed by atoms with van der Waals surface area (Å²) in [6.45, 7) is 2.18. The molecule has 0 aliphatic rings. The number of terminal acetylenes is 1. The van der Waals surface area contributed by atoms with E-state index < -0.39 is 10.0 Å². The molecule has 2 aromatic rings. The van der Waals surface area contributed by atoms with Gasteiger partial charge in [-0.15, -0.1) is 12.3 Å². The maximum atomic E-state index is 12.8. The summed E-state index contributed by atoms with van der Waals surface area (Å²) in [6, 6.07) is 15.8. The van der Waals surface area contributed by atoms with Crippen LogP contribution in [0.25, 0.3) is 0 Å². The van der Waals surface area contributed by atoms with Gasteiger partial charge in [0.05, 0.1) is 10.6 Å². The van der Waals surface area contributed by atoms with Gasteiger partial charge in [-0.1, -0.05) is 35.9 Å². The van der Waals surface area contributed by atoms with Gasteiger partial charge >= 0.3 is 0 Å². The molecule has 0 heterocycles. The van der Waals surface area contributed by atoms with Gasteiger partial charge in [-0.3, -0.25) is 4.31 Å². The van der Waals surface area contributed by atoms with Crippen LogP contribution in [0.5, 0.6) is 0 Å². The molecule has 0 bridgehead atoms. The minimum atomic E-state index is -3.61. The molecule has 21 heavy (non-hydrogen) atoms. The van der Waals surface area contributed by atoms with Gasteiger partial charge in [-0.25, -0.2) is 8.42 Å². The molecule has 0 aromatic heterocycles.